The van der Waals surface area contributed by atoms with Crippen LogP contribution in [0.1, 0.15) is 18.8 Å². The summed E-state index contributed by atoms with van der Waals surface area (Å²) in [4.78, 5) is 8.28. The van der Waals surface area contributed by atoms with Crippen LogP contribution in [0.15, 0.2) is 17.4 Å². The number of aromatic nitrogens is 2. The molecular weight excluding hydrogens is 126 g/mol. The predicted octanol–water partition coefficient (Wildman–Crippen LogP) is 0.877. The molecule has 0 saturated carbocycles. The SMILES string of the molecule is CC1CN=Cc2nccn21. The third-order valence-electron chi connectivity index (χ3n) is 1.75. The Morgan fingerprint density at radius 3 is 3.40 bits per heavy atom. The van der Waals surface area contributed by atoms with Crippen LogP contribution >= 0.6 is 0 Å². The van der Waals surface area contributed by atoms with Gasteiger partial charge in [0.2, 0.25) is 0 Å². The normalized spacial score (nSPS) is 22.7. The molecule has 0 aliphatic carbocycles. The molecule has 1 unspecified atom stereocenters. The van der Waals surface area contributed by atoms with Gasteiger partial charge in [0.1, 0.15) is 0 Å². The summed E-state index contributed by atoms with van der Waals surface area (Å²) in [7, 11) is 0. The van der Waals surface area contributed by atoms with Crippen molar-refractivity contribution in [3.8, 4) is 0 Å². The first-order valence-electron chi connectivity index (χ1n) is 3.40. The maximum Gasteiger partial charge on any atom is 0.150 e. The van der Waals surface area contributed by atoms with Crippen molar-refractivity contribution in [2.45, 2.75) is 13.0 Å². The van der Waals surface area contributed by atoms with Gasteiger partial charge < -0.3 is 4.57 Å². The summed E-state index contributed by atoms with van der Waals surface area (Å²) in [5.74, 6) is 0.971. The summed E-state index contributed by atoms with van der Waals surface area (Å²) in [6, 6.07) is 0.475. The zero-order valence-electron chi connectivity index (χ0n) is 5.86. The highest BCUT2D eigenvalue weighted by Gasteiger charge is 2.10. The fourth-order valence-corrected chi connectivity index (χ4v) is 1.17. The molecular formula is C7H9N3. The molecule has 10 heavy (non-hydrogen) atoms. The van der Waals surface area contributed by atoms with Crippen LogP contribution in [-0.2, 0) is 0 Å². The summed E-state index contributed by atoms with van der Waals surface area (Å²) in [6.45, 7) is 3.02. The molecule has 1 aromatic rings. The van der Waals surface area contributed by atoms with Crippen molar-refractivity contribution in [2.75, 3.05) is 6.54 Å². The molecule has 3 heteroatoms. The second kappa shape index (κ2) is 1.94. The number of nitrogens with zero attached hydrogens (tertiary/aromatic N) is 3. The van der Waals surface area contributed by atoms with E-state index < -0.39 is 0 Å². The van der Waals surface area contributed by atoms with Gasteiger partial charge in [-0.2, -0.15) is 0 Å². The van der Waals surface area contributed by atoms with Gasteiger partial charge in [0.05, 0.1) is 18.8 Å². The first-order valence-corrected chi connectivity index (χ1v) is 3.40. The van der Waals surface area contributed by atoms with Crippen molar-refractivity contribution in [1.82, 2.24) is 9.55 Å². The molecule has 0 saturated heterocycles. The standard InChI is InChI=1S/C7H9N3/c1-6-4-8-5-7-9-2-3-10(6)7/h2-3,5-6H,4H2,1H3. The van der Waals surface area contributed by atoms with E-state index in [0.29, 0.717) is 6.04 Å². The molecule has 52 valence electrons. The summed E-state index contributed by atoms with van der Waals surface area (Å²) in [5.41, 5.74) is 0. The van der Waals surface area contributed by atoms with Crippen molar-refractivity contribution < 1.29 is 0 Å². The van der Waals surface area contributed by atoms with Crippen LogP contribution in [0.5, 0.6) is 0 Å². The molecule has 1 aliphatic rings. The third-order valence-corrected chi connectivity index (χ3v) is 1.75. The lowest BCUT2D eigenvalue weighted by molar-refractivity contribution is 0.545. The van der Waals surface area contributed by atoms with E-state index in [1.54, 1.807) is 0 Å². The minimum Gasteiger partial charge on any atom is -0.326 e. The number of rotatable bonds is 0. The van der Waals surface area contributed by atoms with E-state index in [1.807, 2.05) is 18.6 Å². The van der Waals surface area contributed by atoms with Gasteiger partial charge >= 0.3 is 0 Å². The zero-order chi connectivity index (χ0) is 6.97. The molecule has 1 aromatic heterocycles. The number of hydrogen-bond acceptors (Lipinski definition) is 2. The smallest absolute Gasteiger partial charge is 0.150 e. The molecule has 0 aromatic carbocycles. The second-order valence-electron chi connectivity index (χ2n) is 2.54. The number of aliphatic imine (C=N–C) groups is 1. The average Bonchev–Trinajstić information content (AvgIpc) is 2.36. The molecule has 0 fully saturated rings. The topological polar surface area (TPSA) is 30.2 Å². The minimum atomic E-state index is 0.475. The van der Waals surface area contributed by atoms with Crippen LogP contribution in [-0.4, -0.2) is 22.3 Å². The maximum absolute atomic E-state index is 4.16. The van der Waals surface area contributed by atoms with Crippen LogP contribution in [0.25, 0.3) is 0 Å². The van der Waals surface area contributed by atoms with E-state index in [2.05, 4.69) is 21.5 Å². The maximum atomic E-state index is 4.16. The van der Waals surface area contributed by atoms with E-state index >= 15 is 0 Å². The molecule has 2 heterocycles. The van der Waals surface area contributed by atoms with E-state index in [1.165, 1.54) is 0 Å². The van der Waals surface area contributed by atoms with Crippen molar-refractivity contribution in [3.63, 3.8) is 0 Å². The highest BCUT2D eigenvalue weighted by atomic mass is 15.1. The molecule has 3 nitrogen and oxygen atoms in total. The highest BCUT2D eigenvalue weighted by molar-refractivity contribution is 5.75. The second-order valence-corrected chi connectivity index (χ2v) is 2.54. The van der Waals surface area contributed by atoms with E-state index in [0.717, 1.165) is 12.4 Å². The Hall–Kier alpha value is -1.12. The quantitative estimate of drug-likeness (QED) is 0.519. The average molecular weight is 135 g/mol. The minimum absolute atomic E-state index is 0.475. The fraction of sp³-hybridized carbons (Fsp3) is 0.429. The van der Waals surface area contributed by atoms with Crippen LogP contribution in [0.2, 0.25) is 0 Å². The van der Waals surface area contributed by atoms with Crippen LogP contribution in [0, 0.1) is 0 Å². The highest BCUT2D eigenvalue weighted by Crippen LogP contribution is 2.11. The van der Waals surface area contributed by atoms with Crippen LogP contribution in [0.3, 0.4) is 0 Å². The Balaban J connectivity index is 2.52. The summed E-state index contributed by atoms with van der Waals surface area (Å²) in [6.07, 6.45) is 5.62. The summed E-state index contributed by atoms with van der Waals surface area (Å²) in [5, 5.41) is 0. The van der Waals surface area contributed by atoms with Gasteiger partial charge in [0.25, 0.3) is 0 Å². The number of fused-ring (bicyclic) bond motifs is 1. The van der Waals surface area contributed by atoms with E-state index in [-0.39, 0.29) is 0 Å². The van der Waals surface area contributed by atoms with Gasteiger partial charge in [-0.1, -0.05) is 0 Å². The fourth-order valence-electron chi connectivity index (χ4n) is 1.17. The first kappa shape index (κ1) is 5.65. The Bertz CT molecular complexity index is 262. The van der Waals surface area contributed by atoms with E-state index in [9.17, 15) is 0 Å². The zero-order valence-corrected chi connectivity index (χ0v) is 5.86. The molecule has 0 bridgehead atoms. The summed E-state index contributed by atoms with van der Waals surface area (Å²) < 4.78 is 2.13. The third kappa shape index (κ3) is 0.667. The van der Waals surface area contributed by atoms with Gasteiger partial charge in [-0.25, -0.2) is 4.98 Å². The van der Waals surface area contributed by atoms with Gasteiger partial charge in [-0.05, 0) is 6.92 Å². The van der Waals surface area contributed by atoms with Gasteiger partial charge in [0.15, 0.2) is 5.82 Å². The monoisotopic (exact) mass is 135 g/mol. The van der Waals surface area contributed by atoms with Crippen molar-refractivity contribution >= 4 is 6.21 Å². The predicted molar refractivity (Wildman–Crippen MR) is 39.4 cm³/mol. The van der Waals surface area contributed by atoms with Gasteiger partial charge in [-0.15, -0.1) is 0 Å². The number of hydrogen-bond donors (Lipinski definition) is 0. The summed E-state index contributed by atoms with van der Waals surface area (Å²) >= 11 is 0. The Morgan fingerprint density at radius 1 is 1.70 bits per heavy atom. The van der Waals surface area contributed by atoms with Gasteiger partial charge in [-0.3, -0.25) is 4.99 Å². The van der Waals surface area contributed by atoms with E-state index in [4.69, 9.17) is 0 Å². The lowest BCUT2D eigenvalue weighted by Crippen LogP contribution is -2.15. The molecule has 1 aliphatic heterocycles. The molecule has 0 N–H and O–H groups in total. The van der Waals surface area contributed by atoms with Crippen molar-refractivity contribution in [3.05, 3.63) is 18.2 Å². The lowest BCUT2D eigenvalue weighted by Gasteiger charge is -2.15. The van der Waals surface area contributed by atoms with Crippen LogP contribution in [0.4, 0.5) is 0 Å². The Labute approximate surface area is 59.4 Å². The first-order chi connectivity index (χ1) is 4.88. The lowest BCUT2D eigenvalue weighted by atomic mass is 10.3. The molecule has 2 rings (SSSR count). The molecule has 0 radical (unpaired) electrons. The molecule has 1 atom stereocenters. The van der Waals surface area contributed by atoms with Crippen LogP contribution < -0.4 is 0 Å². The molecule has 0 spiro atoms. The van der Waals surface area contributed by atoms with Gasteiger partial charge in [0, 0.05) is 12.4 Å². The Morgan fingerprint density at radius 2 is 2.60 bits per heavy atom. The largest absolute Gasteiger partial charge is 0.326 e. The Kier molecular flexibility index (Phi) is 1.09. The molecule has 0 amide bonds. The van der Waals surface area contributed by atoms with Crippen molar-refractivity contribution in [2.24, 2.45) is 4.99 Å². The van der Waals surface area contributed by atoms with Crippen molar-refractivity contribution in [1.29, 1.82) is 0 Å². The number of imidazole rings is 1.